The van der Waals surface area contributed by atoms with Gasteiger partial charge in [-0.15, -0.1) is 11.8 Å². The molecule has 1 heterocycles. The molecule has 124 valence electrons. The predicted octanol–water partition coefficient (Wildman–Crippen LogP) is 5.67. The van der Waals surface area contributed by atoms with Crippen molar-refractivity contribution >= 4 is 23.4 Å². The zero-order valence-electron chi connectivity index (χ0n) is 13.8. The first-order valence-electron chi connectivity index (χ1n) is 7.55. The average molecular weight is 367 g/mol. The van der Waals surface area contributed by atoms with Crippen LogP contribution in [-0.4, -0.2) is 18.3 Å². The molecular weight excluding hydrogens is 352 g/mol. The van der Waals surface area contributed by atoms with Crippen molar-refractivity contribution in [3.05, 3.63) is 65.2 Å². The first-order valence-corrected chi connectivity index (χ1v) is 9.16. The van der Waals surface area contributed by atoms with E-state index in [0.717, 1.165) is 28.1 Å². The van der Waals surface area contributed by atoms with Crippen LogP contribution in [0.15, 0.2) is 59.6 Å². The standard InChI is InChI=1S/C20H15ClN2OS/c1-24-16-9-5-14(6-10-16)19-11-17(13-3-7-15(21)8-4-13)18(12-22)20(23-19)25-2/h3-11H,1-2H3. The van der Waals surface area contributed by atoms with Crippen LogP contribution in [0.25, 0.3) is 22.4 Å². The summed E-state index contributed by atoms with van der Waals surface area (Å²) in [6.07, 6.45) is 1.92. The minimum Gasteiger partial charge on any atom is -0.497 e. The molecular formula is C20H15ClN2OS. The largest absolute Gasteiger partial charge is 0.497 e. The quantitative estimate of drug-likeness (QED) is 0.558. The number of benzene rings is 2. The topological polar surface area (TPSA) is 45.9 Å². The number of methoxy groups -OCH3 is 1. The van der Waals surface area contributed by atoms with Crippen LogP contribution in [0.5, 0.6) is 5.75 Å². The van der Waals surface area contributed by atoms with Crippen molar-refractivity contribution in [1.29, 1.82) is 5.26 Å². The Labute approximate surface area is 156 Å². The van der Waals surface area contributed by atoms with Crippen LogP contribution in [0.2, 0.25) is 5.02 Å². The van der Waals surface area contributed by atoms with Crippen molar-refractivity contribution in [3.8, 4) is 34.2 Å². The molecule has 0 amide bonds. The van der Waals surface area contributed by atoms with Gasteiger partial charge in [-0.1, -0.05) is 23.7 Å². The number of rotatable bonds is 4. The molecule has 0 N–H and O–H groups in total. The second-order valence-electron chi connectivity index (χ2n) is 5.29. The van der Waals surface area contributed by atoms with Crippen molar-refractivity contribution < 1.29 is 4.74 Å². The molecule has 2 aromatic carbocycles. The first kappa shape index (κ1) is 17.3. The summed E-state index contributed by atoms with van der Waals surface area (Å²) in [7, 11) is 1.64. The van der Waals surface area contributed by atoms with Gasteiger partial charge in [0.25, 0.3) is 0 Å². The molecule has 0 radical (unpaired) electrons. The summed E-state index contributed by atoms with van der Waals surface area (Å²) in [6.45, 7) is 0. The van der Waals surface area contributed by atoms with Crippen molar-refractivity contribution in [1.82, 2.24) is 4.98 Å². The van der Waals surface area contributed by atoms with Gasteiger partial charge in [0.2, 0.25) is 0 Å². The number of ether oxygens (including phenoxy) is 1. The summed E-state index contributed by atoms with van der Waals surface area (Å²) in [5.74, 6) is 0.792. The molecule has 0 unspecified atom stereocenters. The number of hydrogen-bond acceptors (Lipinski definition) is 4. The van der Waals surface area contributed by atoms with Gasteiger partial charge in [0, 0.05) is 16.1 Å². The lowest BCUT2D eigenvalue weighted by atomic mass is 9.99. The van der Waals surface area contributed by atoms with Gasteiger partial charge in [0.1, 0.15) is 16.8 Å². The SMILES string of the molecule is COc1ccc(-c2cc(-c3ccc(Cl)cc3)c(C#N)c(SC)n2)cc1. The van der Waals surface area contributed by atoms with Crippen LogP contribution < -0.4 is 4.74 Å². The number of thioether (sulfide) groups is 1. The highest BCUT2D eigenvalue weighted by Gasteiger charge is 2.15. The Kier molecular flexibility index (Phi) is 5.28. The minimum atomic E-state index is 0.576. The molecule has 0 atom stereocenters. The Morgan fingerprint density at radius 1 is 1.04 bits per heavy atom. The summed E-state index contributed by atoms with van der Waals surface area (Å²) in [5.41, 5.74) is 4.15. The Balaban J connectivity index is 2.19. The lowest BCUT2D eigenvalue weighted by molar-refractivity contribution is 0.415. The molecule has 3 nitrogen and oxygen atoms in total. The van der Waals surface area contributed by atoms with Gasteiger partial charge in [0.15, 0.2) is 0 Å². The van der Waals surface area contributed by atoms with E-state index in [-0.39, 0.29) is 0 Å². The van der Waals surface area contributed by atoms with E-state index in [2.05, 4.69) is 11.1 Å². The third kappa shape index (κ3) is 3.63. The van der Waals surface area contributed by atoms with E-state index in [4.69, 9.17) is 16.3 Å². The van der Waals surface area contributed by atoms with E-state index >= 15 is 0 Å². The van der Waals surface area contributed by atoms with Gasteiger partial charge in [-0.2, -0.15) is 5.26 Å². The van der Waals surface area contributed by atoms with Crippen LogP contribution in [0, 0.1) is 11.3 Å². The van der Waals surface area contributed by atoms with Crippen molar-refractivity contribution in [2.75, 3.05) is 13.4 Å². The molecule has 0 spiro atoms. The van der Waals surface area contributed by atoms with Gasteiger partial charge in [-0.25, -0.2) is 4.98 Å². The predicted molar refractivity (Wildman–Crippen MR) is 103 cm³/mol. The zero-order chi connectivity index (χ0) is 17.8. The van der Waals surface area contributed by atoms with Crippen LogP contribution in [0.4, 0.5) is 0 Å². The van der Waals surface area contributed by atoms with Crippen molar-refractivity contribution in [3.63, 3.8) is 0 Å². The van der Waals surface area contributed by atoms with E-state index in [9.17, 15) is 5.26 Å². The molecule has 25 heavy (non-hydrogen) atoms. The van der Waals surface area contributed by atoms with Crippen LogP contribution in [-0.2, 0) is 0 Å². The van der Waals surface area contributed by atoms with Crippen molar-refractivity contribution in [2.24, 2.45) is 0 Å². The van der Waals surface area contributed by atoms with Crippen LogP contribution >= 0.6 is 23.4 Å². The number of nitrogens with zero attached hydrogens (tertiary/aromatic N) is 2. The smallest absolute Gasteiger partial charge is 0.118 e. The van der Waals surface area contributed by atoms with Gasteiger partial charge in [0.05, 0.1) is 18.4 Å². The maximum atomic E-state index is 9.63. The Hall–Kier alpha value is -2.48. The fraction of sp³-hybridized carbons (Fsp3) is 0.100. The first-order chi connectivity index (χ1) is 12.2. The van der Waals surface area contributed by atoms with Gasteiger partial charge in [-0.05, 0) is 54.3 Å². The van der Waals surface area contributed by atoms with Crippen LogP contribution in [0.1, 0.15) is 5.56 Å². The molecule has 3 rings (SSSR count). The lowest BCUT2D eigenvalue weighted by Gasteiger charge is -2.12. The van der Waals surface area contributed by atoms with E-state index in [1.165, 1.54) is 11.8 Å². The van der Waals surface area contributed by atoms with E-state index in [1.54, 1.807) is 7.11 Å². The fourth-order valence-electron chi connectivity index (χ4n) is 2.54. The maximum Gasteiger partial charge on any atom is 0.118 e. The van der Waals surface area contributed by atoms with Gasteiger partial charge in [-0.3, -0.25) is 0 Å². The summed E-state index contributed by atoms with van der Waals surface area (Å²) in [4.78, 5) is 4.67. The van der Waals surface area contributed by atoms with Gasteiger partial charge < -0.3 is 4.74 Å². The third-order valence-electron chi connectivity index (χ3n) is 3.83. The molecule has 0 aliphatic carbocycles. The highest BCUT2D eigenvalue weighted by molar-refractivity contribution is 7.98. The number of nitriles is 1. The molecule has 0 bridgehead atoms. The molecule has 1 aromatic heterocycles. The third-order valence-corrected chi connectivity index (χ3v) is 4.77. The summed E-state index contributed by atoms with van der Waals surface area (Å²) < 4.78 is 5.21. The molecule has 0 saturated carbocycles. The summed E-state index contributed by atoms with van der Waals surface area (Å²) >= 11 is 7.46. The molecule has 0 aliphatic heterocycles. The molecule has 5 heteroatoms. The molecule has 0 fully saturated rings. The average Bonchev–Trinajstić information content (AvgIpc) is 2.67. The van der Waals surface area contributed by atoms with E-state index in [0.29, 0.717) is 15.6 Å². The summed E-state index contributed by atoms with van der Waals surface area (Å²) in [6, 6.07) is 19.4. The monoisotopic (exact) mass is 366 g/mol. The minimum absolute atomic E-state index is 0.576. The second kappa shape index (κ2) is 7.60. The lowest BCUT2D eigenvalue weighted by Crippen LogP contribution is -1.95. The molecule has 0 aliphatic rings. The normalized spacial score (nSPS) is 10.3. The fourth-order valence-corrected chi connectivity index (χ4v) is 3.22. The summed E-state index contributed by atoms with van der Waals surface area (Å²) in [5, 5.41) is 11.0. The second-order valence-corrected chi connectivity index (χ2v) is 6.52. The molecule has 0 saturated heterocycles. The van der Waals surface area contributed by atoms with Gasteiger partial charge >= 0.3 is 0 Å². The number of halogens is 1. The number of pyridine rings is 1. The number of aromatic nitrogens is 1. The highest BCUT2D eigenvalue weighted by atomic mass is 35.5. The Morgan fingerprint density at radius 3 is 2.24 bits per heavy atom. The Bertz CT molecular complexity index is 932. The Morgan fingerprint density at radius 2 is 1.68 bits per heavy atom. The highest BCUT2D eigenvalue weighted by Crippen LogP contribution is 2.34. The maximum absolute atomic E-state index is 9.63. The number of hydrogen-bond donors (Lipinski definition) is 0. The molecule has 3 aromatic rings. The zero-order valence-corrected chi connectivity index (χ0v) is 15.4. The van der Waals surface area contributed by atoms with Crippen LogP contribution in [0.3, 0.4) is 0 Å². The van der Waals surface area contributed by atoms with Crippen molar-refractivity contribution in [2.45, 2.75) is 5.03 Å². The van der Waals surface area contributed by atoms with E-state index < -0.39 is 0 Å². The van der Waals surface area contributed by atoms with E-state index in [1.807, 2.05) is 60.9 Å².